The molecule has 56 valence electrons. The van der Waals surface area contributed by atoms with Crippen LogP contribution in [0, 0.1) is 5.92 Å². The zero-order valence-corrected chi connectivity index (χ0v) is 6.16. The average molecular weight is 154 g/mol. The smallest absolute Gasteiger partial charge is 0.101 e. The second kappa shape index (κ2) is 4.07. The first-order valence-electron chi connectivity index (χ1n) is 3.17. The molecule has 2 N–H and O–H groups in total. The van der Waals surface area contributed by atoms with E-state index in [0.29, 0.717) is 5.92 Å². The molecule has 0 amide bonds. The van der Waals surface area contributed by atoms with Crippen molar-refractivity contribution in [2.75, 3.05) is 6.54 Å². The highest BCUT2D eigenvalue weighted by atomic mass is 35.5. The first kappa shape index (κ1) is 9.18. The van der Waals surface area contributed by atoms with Gasteiger partial charge in [0, 0.05) is 0 Å². The third kappa shape index (κ3) is 2.50. The van der Waals surface area contributed by atoms with Crippen molar-refractivity contribution in [1.82, 2.24) is 0 Å². The van der Waals surface area contributed by atoms with Gasteiger partial charge in [-0.15, -0.1) is 12.4 Å². The summed E-state index contributed by atoms with van der Waals surface area (Å²) in [6.45, 7) is 0.720. The van der Waals surface area contributed by atoms with E-state index in [1.807, 2.05) is 0 Å². The highest BCUT2D eigenvalue weighted by Crippen LogP contribution is 2.31. The summed E-state index contributed by atoms with van der Waals surface area (Å²) >= 11 is 0. The van der Waals surface area contributed by atoms with Crippen LogP contribution in [-0.4, -0.2) is 12.7 Å². The topological polar surface area (TPSA) is 26.0 Å². The van der Waals surface area contributed by atoms with Gasteiger partial charge >= 0.3 is 0 Å². The molecule has 0 saturated heterocycles. The molecule has 1 aliphatic carbocycles. The molecular formula is C6H13ClFN. The van der Waals surface area contributed by atoms with Gasteiger partial charge in [0.2, 0.25) is 0 Å². The van der Waals surface area contributed by atoms with Gasteiger partial charge in [0.15, 0.2) is 0 Å². The molecule has 0 spiro atoms. The molecule has 0 aromatic heterocycles. The van der Waals surface area contributed by atoms with Gasteiger partial charge in [-0.1, -0.05) is 0 Å². The summed E-state index contributed by atoms with van der Waals surface area (Å²) in [5.74, 6) is 0.606. The molecule has 0 bridgehead atoms. The Morgan fingerprint density at radius 1 is 1.44 bits per heavy atom. The molecule has 0 aliphatic heterocycles. The summed E-state index contributed by atoms with van der Waals surface area (Å²) in [7, 11) is 0. The monoisotopic (exact) mass is 153 g/mol. The van der Waals surface area contributed by atoms with Gasteiger partial charge in [0.05, 0.1) is 0 Å². The second-order valence-electron chi connectivity index (χ2n) is 2.51. The van der Waals surface area contributed by atoms with Gasteiger partial charge in [-0.25, -0.2) is 4.39 Å². The van der Waals surface area contributed by atoms with Gasteiger partial charge < -0.3 is 5.73 Å². The minimum absolute atomic E-state index is 0. The minimum Gasteiger partial charge on any atom is -0.330 e. The molecule has 1 saturated carbocycles. The summed E-state index contributed by atoms with van der Waals surface area (Å²) in [5, 5.41) is 0. The minimum atomic E-state index is -0.508. The number of hydrogen-bond donors (Lipinski definition) is 1. The Hall–Kier alpha value is 0.180. The van der Waals surface area contributed by atoms with Crippen LogP contribution >= 0.6 is 12.4 Å². The zero-order chi connectivity index (χ0) is 5.98. The van der Waals surface area contributed by atoms with Gasteiger partial charge in [0.1, 0.15) is 6.17 Å². The standard InChI is InChI=1S/C6H12FN.ClH/c7-6-3-5(4-6)1-2-8;/h5-6H,1-4,8H2;1H. The molecule has 0 heterocycles. The van der Waals surface area contributed by atoms with Crippen molar-refractivity contribution >= 4 is 12.4 Å². The lowest BCUT2D eigenvalue weighted by Crippen LogP contribution is -2.26. The average Bonchev–Trinajstić information content (AvgIpc) is 1.64. The van der Waals surface area contributed by atoms with E-state index < -0.39 is 6.17 Å². The van der Waals surface area contributed by atoms with Gasteiger partial charge in [-0.05, 0) is 31.7 Å². The maximum Gasteiger partial charge on any atom is 0.101 e. The Bertz CT molecular complexity index is 70.7. The summed E-state index contributed by atoms with van der Waals surface area (Å²) in [5.41, 5.74) is 5.26. The summed E-state index contributed by atoms with van der Waals surface area (Å²) in [4.78, 5) is 0. The molecule has 1 fully saturated rings. The lowest BCUT2D eigenvalue weighted by atomic mass is 9.81. The van der Waals surface area contributed by atoms with Crippen molar-refractivity contribution in [2.45, 2.75) is 25.4 Å². The highest BCUT2D eigenvalue weighted by Gasteiger charge is 2.27. The van der Waals surface area contributed by atoms with Crippen molar-refractivity contribution in [3.05, 3.63) is 0 Å². The first-order valence-corrected chi connectivity index (χ1v) is 3.17. The molecule has 0 radical (unpaired) electrons. The van der Waals surface area contributed by atoms with E-state index >= 15 is 0 Å². The largest absolute Gasteiger partial charge is 0.330 e. The highest BCUT2D eigenvalue weighted by molar-refractivity contribution is 5.85. The number of nitrogens with two attached hydrogens (primary N) is 1. The molecule has 0 aromatic rings. The van der Waals surface area contributed by atoms with E-state index in [0.717, 1.165) is 25.8 Å². The molecule has 1 nitrogen and oxygen atoms in total. The predicted octanol–water partition coefficient (Wildman–Crippen LogP) is 1.51. The van der Waals surface area contributed by atoms with E-state index in [9.17, 15) is 4.39 Å². The van der Waals surface area contributed by atoms with Crippen LogP contribution < -0.4 is 5.73 Å². The molecule has 3 heteroatoms. The molecular weight excluding hydrogens is 141 g/mol. The Morgan fingerprint density at radius 2 is 2.00 bits per heavy atom. The maximum absolute atomic E-state index is 12.0. The van der Waals surface area contributed by atoms with E-state index in [1.54, 1.807) is 0 Å². The van der Waals surface area contributed by atoms with Crippen LogP contribution in [0.1, 0.15) is 19.3 Å². The van der Waals surface area contributed by atoms with Crippen LogP contribution in [0.25, 0.3) is 0 Å². The molecule has 0 unspecified atom stereocenters. The zero-order valence-electron chi connectivity index (χ0n) is 5.35. The fraction of sp³-hybridized carbons (Fsp3) is 1.00. The second-order valence-corrected chi connectivity index (χ2v) is 2.51. The van der Waals surface area contributed by atoms with Gasteiger partial charge in [0.25, 0.3) is 0 Å². The molecule has 0 atom stereocenters. The van der Waals surface area contributed by atoms with E-state index in [4.69, 9.17) is 5.73 Å². The van der Waals surface area contributed by atoms with Gasteiger partial charge in [-0.3, -0.25) is 0 Å². The van der Waals surface area contributed by atoms with Crippen molar-refractivity contribution in [2.24, 2.45) is 11.7 Å². The lowest BCUT2D eigenvalue weighted by molar-refractivity contribution is 0.126. The predicted molar refractivity (Wildman–Crippen MR) is 38.5 cm³/mol. The maximum atomic E-state index is 12.0. The molecule has 1 rings (SSSR count). The van der Waals surface area contributed by atoms with Crippen LogP contribution in [0.4, 0.5) is 4.39 Å². The fourth-order valence-corrected chi connectivity index (χ4v) is 1.13. The Labute approximate surface area is 61.2 Å². The van der Waals surface area contributed by atoms with Crippen LogP contribution in [0.5, 0.6) is 0 Å². The SMILES string of the molecule is Cl.NCCC1CC(F)C1. The van der Waals surface area contributed by atoms with Crippen LogP contribution in [0.2, 0.25) is 0 Å². The lowest BCUT2D eigenvalue weighted by Gasteiger charge is -2.28. The van der Waals surface area contributed by atoms with Crippen molar-refractivity contribution in [1.29, 1.82) is 0 Å². The van der Waals surface area contributed by atoms with Gasteiger partial charge in [-0.2, -0.15) is 0 Å². The number of rotatable bonds is 2. The summed E-state index contributed by atoms with van der Waals surface area (Å²) in [6.07, 6.45) is 2.03. The van der Waals surface area contributed by atoms with E-state index in [1.165, 1.54) is 0 Å². The van der Waals surface area contributed by atoms with Crippen LogP contribution in [0.15, 0.2) is 0 Å². The van der Waals surface area contributed by atoms with E-state index in [2.05, 4.69) is 0 Å². The first-order chi connectivity index (χ1) is 3.83. The van der Waals surface area contributed by atoms with Crippen LogP contribution in [-0.2, 0) is 0 Å². The number of alkyl halides is 1. The number of hydrogen-bond acceptors (Lipinski definition) is 1. The number of halogens is 2. The summed E-state index contributed by atoms with van der Waals surface area (Å²) < 4.78 is 12.0. The van der Waals surface area contributed by atoms with Crippen molar-refractivity contribution in [3.63, 3.8) is 0 Å². The molecule has 0 aromatic carbocycles. The van der Waals surface area contributed by atoms with Crippen molar-refractivity contribution < 1.29 is 4.39 Å². The van der Waals surface area contributed by atoms with E-state index in [-0.39, 0.29) is 12.4 Å². The fourth-order valence-electron chi connectivity index (χ4n) is 1.13. The van der Waals surface area contributed by atoms with Crippen molar-refractivity contribution in [3.8, 4) is 0 Å². The normalized spacial score (nSPS) is 32.7. The Morgan fingerprint density at radius 3 is 2.33 bits per heavy atom. The van der Waals surface area contributed by atoms with Crippen LogP contribution in [0.3, 0.4) is 0 Å². The summed E-state index contributed by atoms with van der Waals surface area (Å²) in [6, 6.07) is 0. The Balaban J connectivity index is 0.000000640. The quantitative estimate of drug-likeness (QED) is 0.640. The Kier molecular flexibility index (Phi) is 4.15. The third-order valence-electron chi connectivity index (χ3n) is 1.75. The molecule has 1 aliphatic rings. The third-order valence-corrected chi connectivity index (χ3v) is 1.75. The molecule has 9 heavy (non-hydrogen) atoms.